The second kappa shape index (κ2) is 13.4. The minimum atomic E-state index is -0.523. The van der Waals surface area contributed by atoms with Gasteiger partial charge in [0, 0.05) is 23.4 Å². The fourth-order valence-corrected chi connectivity index (χ4v) is 4.32. The van der Waals surface area contributed by atoms with Crippen molar-refractivity contribution in [2.24, 2.45) is 0 Å². The molecule has 0 saturated heterocycles. The Morgan fingerprint density at radius 1 is 1.09 bits per heavy atom. The van der Waals surface area contributed by atoms with E-state index in [9.17, 15) is 9.59 Å². The maximum Gasteiger partial charge on any atom is 0.243 e. The molecule has 2 aromatic carbocycles. The molecular formula is C25H33ClN2O3S. The third kappa shape index (κ3) is 8.06. The second-order valence-corrected chi connectivity index (χ2v) is 9.16. The van der Waals surface area contributed by atoms with Crippen LogP contribution in [0, 0.1) is 0 Å². The van der Waals surface area contributed by atoms with E-state index in [-0.39, 0.29) is 23.6 Å². The molecule has 0 bridgehead atoms. The lowest BCUT2D eigenvalue weighted by atomic mass is 10.1. The van der Waals surface area contributed by atoms with Crippen molar-refractivity contribution in [3.8, 4) is 5.75 Å². The summed E-state index contributed by atoms with van der Waals surface area (Å²) in [6, 6.07) is 14.8. The molecule has 0 radical (unpaired) electrons. The molecule has 0 aromatic heterocycles. The molecule has 2 amide bonds. The summed E-state index contributed by atoms with van der Waals surface area (Å²) in [4.78, 5) is 27.9. The number of nitrogens with zero attached hydrogens (tertiary/aromatic N) is 1. The zero-order valence-corrected chi connectivity index (χ0v) is 20.8. The standard InChI is InChI=1S/C25H33ClN2O3S/c1-5-18(3)27-25(30)23(6-2)28(15-19-10-12-22(31-4)13-11-19)24(29)17-32-16-20-8-7-9-21(26)14-20/h7-14,18,23H,5-6,15-17H2,1-4H3,(H,27,30)/t18-,23+/m0/s1. The molecule has 1 N–H and O–H groups in total. The first kappa shape index (κ1) is 26.1. The molecule has 0 aliphatic heterocycles. The van der Waals surface area contributed by atoms with Gasteiger partial charge in [0.15, 0.2) is 0 Å². The summed E-state index contributed by atoms with van der Waals surface area (Å²) in [5.74, 6) is 1.56. The molecule has 0 saturated carbocycles. The summed E-state index contributed by atoms with van der Waals surface area (Å²) in [7, 11) is 1.62. The Labute approximate surface area is 200 Å². The molecule has 0 spiro atoms. The predicted molar refractivity (Wildman–Crippen MR) is 133 cm³/mol. The van der Waals surface area contributed by atoms with E-state index in [2.05, 4.69) is 5.32 Å². The monoisotopic (exact) mass is 476 g/mol. The van der Waals surface area contributed by atoms with Gasteiger partial charge in [-0.15, -0.1) is 11.8 Å². The number of nitrogens with one attached hydrogen (secondary N) is 1. The molecule has 174 valence electrons. The smallest absolute Gasteiger partial charge is 0.243 e. The number of hydrogen-bond donors (Lipinski definition) is 1. The average molecular weight is 477 g/mol. The van der Waals surface area contributed by atoms with E-state index >= 15 is 0 Å². The van der Waals surface area contributed by atoms with Crippen molar-refractivity contribution in [3.63, 3.8) is 0 Å². The van der Waals surface area contributed by atoms with E-state index in [1.807, 2.05) is 69.3 Å². The van der Waals surface area contributed by atoms with Crippen molar-refractivity contribution in [1.82, 2.24) is 10.2 Å². The molecule has 2 atom stereocenters. The Bertz CT molecular complexity index is 876. The molecule has 2 aromatic rings. The lowest BCUT2D eigenvalue weighted by Crippen LogP contribution is -2.51. The Kier molecular flexibility index (Phi) is 10.9. The number of thioether (sulfide) groups is 1. The van der Waals surface area contributed by atoms with E-state index in [0.29, 0.717) is 23.7 Å². The van der Waals surface area contributed by atoms with Crippen LogP contribution >= 0.6 is 23.4 Å². The molecule has 0 aliphatic rings. The van der Waals surface area contributed by atoms with E-state index < -0.39 is 6.04 Å². The predicted octanol–water partition coefficient (Wildman–Crippen LogP) is 5.30. The van der Waals surface area contributed by atoms with E-state index in [1.54, 1.807) is 12.0 Å². The summed E-state index contributed by atoms with van der Waals surface area (Å²) in [5.41, 5.74) is 2.02. The molecule has 0 unspecified atom stereocenters. The first-order valence-corrected chi connectivity index (χ1v) is 12.5. The molecule has 32 heavy (non-hydrogen) atoms. The highest BCUT2D eigenvalue weighted by Gasteiger charge is 2.29. The Hall–Kier alpha value is -2.18. The summed E-state index contributed by atoms with van der Waals surface area (Å²) >= 11 is 7.58. The molecule has 0 aliphatic carbocycles. The van der Waals surface area contributed by atoms with Gasteiger partial charge in [-0.2, -0.15) is 0 Å². The van der Waals surface area contributed by atoms with Gasteiger partial charge < -0.3 is 15.0 Å². The van der Waals surface area contributed by atoms with Crippen molar-refractivity contribution >= 4 is 35.2 Å². The van der Waals surface area contributed by atoms with Crippen LogP contribution in [-0.4, -0.2) is 41.7 Å². The number of ether oxygens (including phenoxy) is 1. The zero-order chi connectivity index (χ0) is 23.5. The van der Waals surface area contributed by atoms with Crippen LogP contribution in [0.3, 0.4) is 0 Å². The largest absolute Gasteiger partial charge is 0.497 e. The minimum Gasteiger partial charge on any atom is -0.497 e. The van der Waals surface area contributed by atoms with Gasteiger partial charge in [0.25, 0.3) is 0 Å². The zero-order valence-electron chi connectivity index (χ0n) is 19.3. The van der Waals surface area contributed by atoms with Crippen molar-refractivity contribution in [2.45, 2.75) is 58.0 Å². The van der Waals surface area contributed by atoms with Gasteiger partial charge >= 0.3 is 0 Å². The van der Waals surface area contributed by atoms with Gasteiger partial charge in [0.1, 0.15) is 11.8 Å². The summed E-state index contributed by atoms with van der Waals surface area (Å²) < 4.78 is 5.23. The minimum absolute atomic E-state index is 0.0565. The maximum atomic E-state index is 13.3. The van der Waals surface area contributed by atoms with Gasteiger partial charge in [-0.1, -0.05) is 49.7 Å². The summed E-state index contributed by atoms with van der Waals surface area (Å²) in [6.07, 6.45) is 1.38. The number of hydrogen-bond acceptors (Lipinski definition) is 4. The topological polar surface area (TPSA) is 58.6 Å². The van der Waals surface area contributed by atoms with Crippen LogP contribution in [0.25, 0.3) is 0 Å². The number of carbonyl (C=O) groups excluding carboxylic acids is 2. The first-order valence-electron chi connectivity index (χ1n) is 10.9. The molecule has 5 nitrogen and oxygen atoms in total. The number of methoxy groups -OCH3 is 1. The van der Waals surface area contributed by atoms with E-state index in [4.69, 9.17) is 16.3 Å². The van der Waals surface area contributed by atoms with Gasteiger partial charge in [-0.25, -0.2) is 0 Å². The fourth-order valence-electron chi connectivity index (χ4n) is 3.25. The summed E-state index contributed by atoms with van der Waals surface area (Å²) in [5, 5.41) is 3.72. The molecule has 7 heteroatoms. The van der Waals surface area contributed by atoms with Gasteiger partial charge in [-0.3, -0.25) is 9.59 Å². The van der Waals surface area contributed by atoms with Crippen molar-refractivity contribution in [2.75, 3.05) is 12.9 Å². The highest BCUT2D eigenvalue weighted by molar-refractivity contribution is 7.99. The quantitative estimate of drug-likeness (QED) is 0.451. The fraction of sp³-hybridized carbons (Fsp3) is 0.440. The SMILES string of the molecule is CC[C@H](C(=O)N[C@@H](C)CC)N(Cc1ccc(OC)cc1)C(=O)CSCc1cccc(Cl)c1. The number of rotatable bonds is 12. The number of carbonyl (C=O) groups is 2. The normalized spacial score (nSPS) is 12.7. The molecule has 0 heterocycles. The highest BCUT2D eigenvalue weighted by atomic mass is 35.5. The van der Waals surface area contributed by atoms with Crippen LogP contribution in [0.2, 0.25) is 5.02 Å². The number of benzene rings is 2. The van der Waals surface area contributed by atoms with Crippen molar-refractivity contribution in [3.05, 3.63) is 64.7 Å². The third-order valence-electron chi connectivity index (χ3n) is 5.28. The van der Waals surface area contributed by atoms with Crippen LogP contribution in [0.15, 0.2) is 48.5 Å². The first-order chi connectivity index (χ1) is 15.4. The van der Waals surface area contributed by atoms with Crippen LogP contribution in [0.1, 0.15) is 44.7 Å². The van der Waals surface area contributed by atoms with Gasteiger partial charge in [0.2, 0.25) is 11.8 Å². The Balaban J connectivity index is 2.14. The lowest BCUT2D eigenvalue weighted by Gasteiger charge is -2.31. The Morgan fingerprint density at radius 2 is 1.81 bits per heavy atom. The van der Waals surface area contributed by atoms with E-state index in [0.717, 1.165) is 23.3 Å². The van der Waals surface area contributed by atoms with Crippen LogP contribution in [-0.2, 0) is 21.9 Å². The highest BCUT2D eigenvalue weighted by Crippen LogP contribution is 2.20. The van der Waals surface area contributed by atoms with E-state index in [1.165, 1.54) is 11.8 Å². The summed E-state index contributed by atoms with van der Waals surface area (Å²) in [6.45, 7) is 6.31. The molecule has 0 fully saturated rings. The number of halogens is 1. The van der Waals surface area contributed by atoms with Crippen LogP contribution in [0.4, 0.5) is 0 Å². The second-order valence-electron chi connectivity index (χ2n) is 7.73. The van der Waals surface area contributed by atoms with Crippen molar-refractivity contribution in [1.29, 1.82) is 0 Å². The number of amides is 2. The Morgan fingerprint density at radius 3 is 2.41 bits per heavy atom. The molecule has 2 rings (SSSR count). The maximum absolute atomic E-state index is 13.3. The third-order valence-corrected chi connectivity index (χ3v) is 6.51. The van der Waals surface area contributed by atoms with Crippen molar-refractivity contribution < 1.29 is 14.3 Å². The van der Waals surface area contributed by atoms with Gasteiger partial charge in [0.05, 0.1) is 12.9 Å². The lowest BCUT2D eigenvalue weighted by molar-refractivity contribution is -0.139. The van der Waals surface area contributed by atoms with Gasteiger partial charge in [-0.05, 0) is 55.2 Å². The average Bonchev–Trinajstić information content (AvgIpc) is 2.79. The van der Waals surface area contributed by atoms with Crippen LogP contribution in [0.5, 0.6) is 5.75 Å². The van der Waals surface area contributed by atoms with Crippen LogP contribution < -0.4 is 10.1 Å². The molecular weight excluding hydrogens is 444 g/mol.